The van der Waals surface area contributed by atoms with Crippen molar-refractivity contribution in [3.8, 4) is 5.75 Å². The molecule has 0 saturated carbocycles. The highest BCUT2D eigenvalue weighted by Crippen LogP contribution is 2.22. The number of rotatable bonds is 6. The highest BCUT2D eigenvalue weighted by molar-refractivity contribution is 5.47. The molecule has 0 heterocycles. The molecular weight excluding hydrogens is 244 g/mol. The molecule has 1 atom stereocenters. The Labute approximate surface area is 121 Å². The average molecular weight is 266 g/mol. The zero-order chi connectivity index (χ0) is 14.4. The quantitative estimate of drug-likeness (QED) is 0.678. The van der Waals surface area contributed by atoms with Crippen LogP contribution in [0.2, 0.25) is 0 Å². The van der Waals surface area contributed by atoms with Crippen LogP contribution in [0.4, 0.5) is 0 Å². The lowest BCUT2D eigenvalue weighted by molar-refractivity contribution is 0.306. The van der Waals surface area contributed by atoms with Gasteiger partial charge in [0.05, 0.1) is 0 Å². The molecular formula is C19H22O. The van der Waals surface area contributed by atoms with E-state index in [2.05, 4.69) is 69.0 Å². The molecule has 1 heteroatoms. The van der Waals surface area contributed by atoms with Crippen LogP contribution >= 0.6 is 0 Å². The van der Waals surface area contributed by atoms with E-state index in [1.807, 2.05) is 6.08 Å². The molecule has 1 unspecified atom stereocenters. The van der Waals surface area contributed by atoms with Gasteiger partial charge < -0.3 is 4.74 Å². The molecule has 0 saturated heterocycles. The first-order valence-electron chi connectivity index (χ1n) is 7.17. The predicted octanol–water partition coefficient (Wildman–Crippen LogP) is 5.42. The molecule has 104 valence electrons. The molecule has 0 fully saturated rings. The van der Waals surface area contributed by atoms with Gasteiger partial charge in [-0.05, 0) is 41.2 Å². The van der Waals surface area contributed by atoms with Gasteiger partial charge in [-0.15, -0.1) is 0 Å². The highest BCUT2D eigenvalue weighted by atomic mass is 16.5. The molecule has 0 aliphatic carbocycles. The smallest absolute Gasteiger partial charge is 0.119 e. The minimum Gasteiger partial charge on any atom is -0.489 e. The zero-order valence-corrected chi connectivity index (χ0v) is 12.3. The maximum atomic E-state index is 5.81. The summed E-state index contributed by atoms with van der Waals surface area (Å²) in [5.74, 6) is 1.53. The van der Waals surface area contributed by atoms with Gasteiger partial charge in [-0.1, -0.05) is 62.9 Å². The second-order valence-electron chi connectivity index (χ2n) is 5.11. The molecule has 20 heavy (non-hydrogen) atoms. The molecule has 1 nitrogen and oxygen atoms in total. The Hall–Kier alpha value is -2.02. The van der Waals surface area contributed by atoms with Crippen molar-refractivity contribution < 1.29 is 4.74 Å². The third-order valence-electron chi connectivity index (χ3n) is 3.68. The lowest BCUT2D eigenvalue weighted by Gasteiger charge is -2.11. The topological polar surface area (TPSA) is 9.23 Å². The van der Waals surface area contributed by atoms with Gasteiger partial charge in [0.25, 0.3) is 0 Å². The fraction of sp³-hybridized carbons (Fsp3) is 0.263. The van der Waals surface area contributed by atoms with E-state index in [9.17, 15) is 0 Å². The van der Waals surface area contributed by atoms with Crippen LogP contribution in [0.3, 0.4) is 0 Å². The fourth-order valence-electron chi connectivity index (χ4n) is 2.04. The Bertz CT molecular complexity index is 537. The Morgan fingerprint density at radius 2 is 1.70 bits per heavy atom. The van der Waals surface area contributed by atoms with Crippen LogP contribution in [0.25, 0.3) is 6.08 Å². The third-order valence-corrected chi connectivity index (χ3v) is 3.68. The van der Waals surface area contributed by atoms with E-state index in [1.165, 1.54) is 11.1 Å². The van der Waals surface area contributed by atoms with E-state index in [0.29, 0.717) is 12.5 Å². The highest BCUT2D eigenvalue weighted by Gasteiger charge is 2.03. The first kappa shape index (κ1) is 14.4. The van der Waals surface area contributed by atoms with E-state index >= 15 is 0 Å². The summed E-state index contributed by atoms with van der Waals surface area (Å²) in [5, 5.41) is 0. The molecule has 0 aliphatic heterocycles. The first-order chi connectivity index (χ1) is 9.72. The van der Waals surface area contributed by atoms with Gasteiger partial charge in [-0.25, -0.2) is 0 Å². The van der Waals surface area contributed by atoms with Crippen molar-refractivity contribution in [3.05, 3.63) is 71.8 Å². The lowest BCUT2D eigenvalue weighted by Crippen LogP contribution is -1.96. The fourth-order valence-corrected chi connectivity index (χ4v) is 2.04. The Morgan fingerprint density at radius 1 is 1.05 bits per heavy atom. The Kier molecular flexibility index (Phi) is 5.00. The molecule has 0 spiro atoms. The van der Waals surface area contributed by atoms with E-state index in [1.54, 1.807) is 0 Å². The number of hydrogen-bond acceptors (Lipinski definition) is 1. The maximum Gasteiger partial charge on any atom is 0.119 e. The summed E-state index contributed by atoms with van der Waals surface area (Å²) in [4.78, 5) is 0. The van der Waals surface area contributed by atoms with Crippen LogP contribution in [0, 0.1) is 0 Å². The predicted molar refractivity (Wildman–Crippen MR) is 86.0 cm³/mol. The van der Waals surface area contributed by atoms with Gasteiger partial charge in [0.1, 0.15) is 12.4 Å². The van der Waals surface area contributed by atoms with Gasteiger partial charge in [-0.2, -0.15) is 0 Å². The van der Waals surface area contributed by atoms with Crippen molar-refractivity contribution >= 4 is 6.08 Å². The summed E-state index contributed by atoms with van der Waals surface area (Å²) in [6.07, 6.45) is 3.01. The van der Waals surface area contributed by atoms with Crippen LogP contribution in [0.15, 0.2) is 55.1 Å². The number of ether oxygens (including phenoxy) is 1. The van der Waals surface area contributed by atoms with Gasteiger partial charge in [-0.3, -0.25) is 0 Å². The van der Waals surface area contributed by atoms with Crippen LogP contribution in [0.5, 0.6) is 5.75 Å². The second kappa shape index (κ2) is 6.95. The SMILES string of the molecule is C=Cc1ccc(COc2ccc(C(C)CC)cc2)cc1. The molecule has 2 aromatic carbocycles. The van der Waals surface area contributed by atoms with Crippen molar-refractivity contribution in [2.45, 2.75) is 32.8 Å². The van der Waals surface area contributed by atoms with Crippen LogP contribution in [0.1, 0.15) is 42.9 Å². The molecule has 0 aliphatic rings. The molecule has 2 rings (SSSR count). The minimum absolute atomic E-state index is 0.597. The average Bonchev–Trinajstić information content (AvgIpc) is 2.53. The number of hydrogen-bond donors (Lipinski definition) is 0. The van der Waals surface area contributed by atoms with E-state index in [4.69, 9.17) is 4.74 Å². The Morgan fingerprint density at radius 3 is 2.25 bits per heavy atom. The summed E-state index contributed by atoms with van der Waals surface area (Å²) in [7, 11) is 0. The second-order valence-corrected chi connectivity index (χ2v) is 5.11. The molecule has 0 radical (unpaired) electrons. The largest absolute Gasteiger partial charge is 0.489 e. The van der Waals surface area contributed by atoms with Crippen molar-refractivity contribution in [2.75, 3.05) is 0 Å². The summed E-state index contributed by atoms with van der Waals surface area (Å²) in [5.41, 5.74) is 3.67. The van der Waals surface area contributed by atoms with E-state index in [0.717, 1.165) is 17.7 Å². The van der Waals surface area contributed by atoms with E-state index in [-0.39, 0.29) is 0 Å². The maximum absolute atomic E-state index is 5.81. The van der Waals surface area contributed by atoms with Crippen LogP contribution < -0.4 is 4.74 Å². The van der Waals surface area contributed by atoms with Crippen LogP contribution in [-0.2, 0) is 6.61 Å². The molecule has 0 bridgehead atoms. The first-order valence-corrected chi connectivity index (χ1v) is 7.17. The summed E-state index contributed by atoms with van der Waals surface area (Å²) in [6.45, 7) is 8.81. The molecule has 0 N–H and O–H groups in total. The lowest BCUT2D eigenvalue weighted by atomic mass is 9.99. The molecule has 0 aromatic heterocycles. The van der Waals surface area contributed by atoms with Gasteiger partial charge in [0.15, 0.2) is 0 Å². The van der Waals surface area contributed by atoms with Gasteiger partial charge in [0.2, 0.25) is 0 Å². The van der Waals surface area contributed by atoms with Crippen molar-refractivity contribution in [1.82, 2.24) is 0 Å². The van der Waals surface area contributed by atoms with Crippen LogP contribution in [-0.4, -0.2) is 0 Å². The van der Waals surface area contributed by atoms with Crippen molar-refractivity contribution in [2.24, 2.45) is 0 Å². The van der Waals surface area contributed by atoms with Crippen molar-refractivity contribution in [1.29, 1.82) is 0 Å². The summed E-state index contributed by atoms with van der Waals surface area (Å²) >= 11 is 0. The summed E-state index contributed by atoms with van der Waals surface area (Å²) < 4.78 is 5.81. The minimum atomic E-state index is 0.597. The van der Waals surface area contributed by atoms with Crippen molar-refractivity contribution in [3.63, 3.8) is 0 Å². The monoisotopic (exact) mass is 266 g/mol. The van der Waals surface area contributed by atoms with E-state index < -0.39 is 0 Å². The Balaban J connectivity index is 1.94. The standard InChI is InChI=1S/C19H22O/c1-4-15(3)18-10-12-19(13-11-18)20-14-17-8-6-16(5-2)7-9-17/h5-13,15H,2,4,14H2,1,3H3. The number of benzene rings is 2. The van der Waals surface area contributed by atoms with Gasteiger partial charge >= 0.3 is 0 Å². The molecule has 0 amide bonds. The third kappa shape index (κ3) is 3.74. The summed E-state index contributed by atoms with van der Waals surface area (Å²) in [6, 6.07) is 16.7. The zero-order valence-electron chi connectivity index (χ0n) is 12.3. The molecule has 2 aromatic rings. The normalized spacial score (nSPS) is 11.9. The van der Waals surface area contributed by atoms with Gasteiger partial charge in [0, 0.05) is 0 Å².